The van der Waals surface area contributed by atoms with Gasteiger partial charge in [0.05, 0.1) is 9.88 Å². The van der Waals surface area contributed by atoms with Crippen molar-refractivity contribution in [1.29, 1.82) is 0 Å². The molecule has 1 aromatic carbocycles. The van der Waals surface area contributed by atoms with Crippen molar-refractivity contribution >= 4 is 22.9 Å². The van der Waals surface area contributed by atoms with Gasteiger partial charge in [0, 0.05) is 4.88 Å². The highest BCUT2D eigenvalue weighted by atomic mass is 35.5. The molecule has 2 rings (SSSR count). The van der Waals surface area contributed by atoms with E-state index in [1.807, 2.05) is 25.1 Å². The van der Waals surface area contributed by atoms with Gasteiger partial charge in [-0.05, 0) is 31.5 Å². The Morgan fingerprint density at radius 2 is 2.00 bits per heavy atom. The number of thiophene rings is 1. The maximum atomic E-state index is 6.39. The molecular formula is C13H14ClNS. The first-order valence-electron chi connectivity index (χ1n) is 5.12. The Hall–Kier alpha value is -0.830. The van der Waals surface area contributed by atoms with E-state index in [-0.39, 0.29) is 0 Å². The molecule has 84 valence electrons. The maximum absolute atomic E-state index is 6.39. The molecule has 0 aliphatic heterocycles. The van der Waals surface area contributed by atoms with E-state index >= 15 is 0 Å². The monoisotopic (exact) mass is 251 g/mol. The molecule has 0 amide bonds. The number of hydrogen-bond donors (Lipinski definition) is 1. The lowest BCUT2D eigenvalue weighted by Crippen LogP contribution is -2.33. The summed E-state index contributed by atoms with van der Waals surface area (Å²) in [4.78, 5) is 1.09. The fraction of sp³-hybridized carbons (Fsp3) is 0.231. The summed E-state index contributed by atoms with van der Waals surface area (Å²) >= 11 is 7.48. The van der Waals surface area contributed by atoms with E-state index in [2.05, 4.69) is 25.1 Å². The van der Waals surface area contributed by atoms with Crippen molar-refractivity contribution in [3.63, 3.8) is 0 Å². The van der Waals surface area contributed by atoms with Crippen molar-refractivity contribution in [3.8, 4) is 0 Å². The van der Waals surface area contributed by atoms with Crippen LogP contribution in [0.4, 0.5) is 0 Å². The predicted octanol–water partition coefficient (Wildman–Crippen LogP) is 3.93. The molecule has 0 saturated carbocycles. The highest BCUT2D eigenvalue weighted by Gasteiger charge is 2.25. The second kappa shape index (κ2) is 4.21. The van der Waals surface area contributed by atoms with Gasteiger partial charge < -0.3 is 5.73 Å². The van der Waals surface area contributed by atoms with E-state index < -0.39 is 5.54 Å². The zero-order chi connectivity index (χ0) is 11.8. The molecule has 1 heterocycles. The van der Waals surface area contributed by atoms with Crippen LogP contribution in [0.1, 0.15) is 22.9 Å². The van der Waals surface area contributed by atoms with Gasteiger partial charge in [0.1, 0.15) is 0 Å². The molecule has 0 spiro atoms. The summed E-state index contributed by atoms with van der Waals surface area (Å²) in [6, 6.07) is 12.2. The number of halogens is 1. The lowest BCUT2D eigenvalue weighted by molar-refractivity contribution is 0.616. The zero-order valence-corrected chi connectivity index (χ0v) is 10.9. The van der Waals surface area contributed by atoms with Gasteiger partial charge in [-0.2, -0.15) is 0 Å². The first kappa shape index (κ1) is 11.6. The summed E-state index contributed by atoms with van der Waals surface area (Å²) in [5, 5.41) is 0. The largest absolute Gasteiger partial charge is 0.317 e. The summed E-state index contributed by atoms with van der Waals surface area (Å²) in [7, 11) is 0. The van der Waals surface area contributed by atoms with Gasteiger partial charge in [-0.1, -0.05) is 41.4 Å². The lowest BCUT2D eigenvalue weighted by atomic mass is 9.90. The molecule has 0 aliphatic rings. The molecular weight excluding hydrogens is 238 g/mol. The van der Waals surface area contributed by atoms with Crippen molar-refractivity contribution in [2.24, 2.45) is 5.73 Å². The minimum Gasteiger partial charge on any atom is -0.317 e. The Morgan fingerprint density at radius 3 is 2.56 bits per heavy atom. The predicted molar refractivity (Wildman–Crippen MR) is 71.1 cm³/mol. The molecule has 0 radical (unpaired) electrons. The van der Waals surface area contributed by atoms with E-state index in [1.54, 1.807) is 0 Å². The van der Waals surface area contributed by atoms with E-state index in [0.29, 0.717) is 0 Å². The van der Waals surface area contributed by atoms with Crippen molar-refractivity contribution < 1.29 is 0 Å². The minimum absolute atomic E-state index is 0.468. The van der Waals surface area contributed by atoms with E-state index in [9.17, 15) is 0 Å². The average molecular weight is 252 g/mol. The Balaban J connectivity index is 2.46. The van der Waals surface area contributed by atoms with Crippen LogP contribution in [0.15, 0.2) is 36.4 Å². The van der Waals surface area contributed by atoms with Gasteiger partial charge in [-0.25, -0.2) is 0 Å². The molecule has 0 aliphatic carbocycles. The lowest BCUT2D eigenvalue weighted by Gasteiger charge is -2.24. The van der Waals surface area contributed by atoms with E-state index in [4.69, 9.17) is 17.3 Å². The SMILES string of the molecule is Cc1cccc(C(C)(N)c2ccc(Cl)s2)c1. The maximum Gasteiger partial charge on any atom is 0.0932 e. The third-order valence-corrected chi connectivity index (χ3v) is 4.17. The fourth-order valence-corrected chi connectivity index (χ4v) is 2.83. The summed E-state index contributed by atoms with van der Waals surface area (Å²) in [6.07, 6.45) is 0. The molecule has 0 fully saturated rings. The second-order valence-electron chi connectivity index (χ2n) is 4.18. The van der Waals surface area contributed by atoms with Crippen molar-refractivity contribution in [2.45, 2.75) is 19.4 Å². The molecule has 0 saturated heterocycles. The van der Waals surface area contributed by atoms with Crippen LogP contribution >= 0.6 is 22.9 Å². The third-order valence-electron chi connectivity index (χ3n) is 2.70. The van der Waals surface area contributed by atoms with Crippen LogP contribution < -0.4 is 5.73 Å². The van der Waals surface area contributed by atoms with Crippen LogP contribution in [0.2, 0.25) is 4.34 Å². The standard InChI is InChI=1S/C13H14ClNS/c1-9-4-3-5-10(8-9)13(2,15)11-6-7-12(14)16-11/h3-8H,15H2,1-2H3. The number of rotatable bonds is 2. The van der Waals surface area contributed by atoms with E-state index in [1.165, 1.54) is 16.9 Å². The summed E-state index contributed by atoms with van der Waals surface area (Å²) < 4.78 is 0.777. The number of benzene rings is 1. The van der Waals surface area contributed by atoms with Crippen molar-refractivity contribution in [3.05, 3.63) is 56.7 Å². The highest BCUT2D eigenvalue weighted by Crippen LogP contribution is 2.34. The Morgan fingerprint density at radius 1 is 1.25 bits per heavy atom. The van der Waals surface area contributed by atoms with Crippen LogP contribution in [0, 0.1) is 6.92 Å². The second-order valence-corrected chi connectivity index (χ2v) is 5.89. The minimum atomic E-state index is -0.468. The average Bonchev–Trinajstić information content (AvgIpc) is 2.65. The molecule has 0 bridgehead atoms. The van der Waals surface area contributed by atoms with E-state index in [0.717, 1.165) is 14.8 Å². The molecule has 1 nitrogen and oxygen atoms in total. The summed E-state index contributed by atoms with van der Waals surface area (Å²) in [5.74, 6) is 0. The van der Waals surface area contributed by atoms with Crippen molar-refractivity contribution in [2.75, 3.05) is 0 Å². The van der Waals surface area contributed by atoms with Crippen molar-refractivity contribution in [1.82, 2.24) is 0 Å². The normalized spacial score (nSPS) is 14.8. The van der Waals surface area contributed by atoms with Crippen LogP contribution in [0.25, 0.3) is 0 Å². The number of hydrogen-bond acceptors (Lipinski definition) is 2. The van der Waals surface area contributed by atoms with Gasteiger partial charge in [0.25, 0.3) is 0 Å². The molecule has 2 aromatic rings. The first-order valence-corrected chi connectivity index (χ1v) is 6.31. The van der Waals surface area contributed by atoms with Crippen LogP contribution in [-0.2, 0) is 5.54 Å². The molecule has 1 atom stereocenters. The van der Waals surface area contributed by atoms with Crippen LogP contribution in [0.3, 0.4) is 0 Å². The van der Waals surface area contributed by atoms with Gasteiger partial charge >= 0.3 is 0 Å². The number of nitrogens with two attached hydrogens (primary N) is 1. The Kier molecular flexibility index (Phi) is 3.06. The zero-order valence-electron chi connectivity index (χ0n) is 9.33. The van der Waals surface area contributed by atoms with Crippen LogP contribution in [0.5, 0.6) is 0 Å². The molecule has 1 aromatic heterocycles. The fourth-order valence-electron chi connectivity index (χ4n) is 1.70. The molecule has 3 heteroatoms. The Labute approximate surface area is 105 Å². The molecule has 1 unspecified atom stereocenters. The topological polar surface area (TPSA) is 26.0 Å². The first-order chi connectivity index (χ1) is 7.50. The summed E-state index contributed by atoms with van der Waals surface area (Å²) in [6.45, 7) is 4.09. The molecule has 2 N–H and O–H groups in total. The van der Waals surface area contributed by atoms with Crippen LogP contribution in [-0.4, -0.2) is 0 Å². The van der Waals surface area contributed by atoms with Gasteiger partial charge in [-0.15, -0.1) is 11.3 Å². The Bertz CT molecular complexity index is 502. The smallest absolute Gasteiger partial charge is 0.0932 e. The quantitative estimate of drug-likeness (QED) is 0.860. The number of aryl methyl sites for hydroxylation is 1. The third kappa shape index (κ3) is 2.14. The summed E-state index contributed by atoms with van der Waals surface area (Å²) in [5.41, 5.74) is 8.26. The van der Waals surface area contributed by atoms with Gasteiger partial charge in [-0.3, -0.25) is 0 Å². The van der Waals surface area contributed by atoms with Gasteiger partial charge in [0.15, 0.2) is 0 Å². The highest BCUT2D eigenvalue weighted by molar-refractivity contribution is 7.16. The van der Waals surface area contributed by atoms with Gasteiger partial charge in [0.2, 0.25) is 0 Å². The molecule has 16 heavy (non-hydrogen) atoms.